The third-order valence-corrected chi connectivity index (χ3v) is 16.8. The number of anilines is 6. The Morgan fingerprint density at radius 3 is 1.73 bits per heavy atom. The number of imidazole rings is 1. The SMILES string of the molecule is CC(C)(C)c1ccc(N2c3ccc(C(C)(C)C)cc3B3c4cc(C(C)(C)C)cc5c4N(c4ccc(C(C)(C)C)cc4S5)c4cc(-c5cccc6c5c5ccccc5n5c7ccccc7nc65)cc2c43)cc1. The van der Waals surface area contributed by atoms with Crippen LogP contribution in [0.5, 0.6) is 0 Å². The molecule has 5 heterocycles. The summed E-state index contributed by atoms with van der Waals surface area (Å²) < 4.78 is 2.36. The van der Waals surface area contributed by atoms with Crippen LogP contribution in [0.1, 0.15) is 105 Å². The Labute approximate surface area is 423 Å². The largest absolute Gasteiger partial charge is 0.311 e. The van der Waals surface area contributed by atoms with Gasteiger partial charge in [-0.05, 0) is 138 Å². The molecule has 2 aromatic heterocycles. The zero-order valence-corrected chi connectivity index (χ0v) is 44.0. The number of nitrogens with zero attached hydrogens (tertiary/aromatic N) is 4. The van der Waals surface area contributed by atoms with E-state index in [0.717, 1.165) is 33.3 Å². The van der Waals surface area contributed by atoms with Crippen LogP contribution in [0.15, 0.2) is 161 Å². The van der Waals surface area contributed by atoms with Crippen LogP contribution in [0.2, 0.25) is 0 Å². The van der Waals surface area contributed by atoms with Crippen molar-refractivity contribution in [1.29, 1.82) is 0 Å². The summed E-state index contributed by atoms with van der Waals surface area (Å²) in [4.78, 5) is 13.2. The van der Waals surface area contributed by atoms with Gasteiger partial charge in [-0.3, -0.25) is 4.40 Å². The minimum Gasteiger partial charge on any atom is -0.311 e. The van der Waals surface area contributed by atoms with Gasteiger partial charge in [0.2, 0.25) is 0 Å². The zero-order chi connectivity index (χ0) is 49.3. The summed E-state index contributed by atoms with van der Waals surface area (Å²) in [5, 5.41) is 3.58. The van der Waals surface area contributed by atoms with Gasteiger partial charge in [0.05, 0.1) is 27.9 Å². The molecule has 8 aromatic carbocycles. The van der Waals surface area contributed by atoms with E-state index >= 15 is 0 Å². The molecular weight excluding hydrogens is 880 g/mol. The van der Waals surface area contributed by atoms with Crippen molar-refractivity contribution in [1.82, 2.24) is 9.38 Å². The molecule has 0 radical (unpaired) electrons. The van der Waals surface area contributed by atoms with Gasteiger partial charge in [-0.15, -0.1) is 0 Å². The van der Waals surface area contributed by atoms with Gasteiger partial charge in [0.15, 0.2) is 0 Å². The maximum absolute atomic E-state index is 5.36. The smallest absolute Gasteiger partial charge is 0.252 e. The number of aromatic nitrogens is 2. The van der Waals surface area contributed by atoms with Crippen molar-refractivity contribution in [3.63, 3.8) is 0 Å². The first-order valence-electron chi connectivity index (χ1n) is 25.5. The van der Waals surface area contributed by atoms with Crippen LogP contribution >= 0.6 is 11.8 Å². The maximum atomic E-state index is 5.36. The third-order valence-electron chi connectivity index (χ3n) is 15.7. The summed E-state index contributed by atoms with van der Waals surface area (Å²) in [7, 11) is 0. The van der Waals surface area contributed by atoms with E-state index in [9.17, 15) is 0 Å². The van der Waals surface area contributed by atoms with Crippen LogP contribution < -0.4 is 26.2 Å². The minimum absolute atomic E-state index is 0.00112. The number of rotatable bonds is 2. The zero-order valence-electron chi connectivity index (χ0n) is 43.2. The van der Waals surface area contributed by atoms with E-state index in [0.29, 0.717) is 0 Å². The van der Waals surface area contributed by atoms with Gasteiger partial charge >= 0.3 is 0 Å². The van der Waals surface area contributed by atoms with E-state index in [1.807, 2.05) is 11.8 Å². The van der Waals surface area contributed by atoms with E-state index in [-0.39, 0.29) is 28.4 Å². The van der Waals surface area contributed by atoms with Crippen LogP contribution in [0, 0.1) is 0 Å². The first-order valence-corrected chi connectivity index (χ1v) is 26.3. The highest BCUT2D eigenvalue weighted by Crippen LogP contribution is 2.56. The van der Waals surface area contributed by atoms with Gasteiger partial charge in [0.25, 0.3) is 6.71 Å². The Hall–Kier alpha value is -6.76. The topological polar surface area (TPSA) is 23.8 Å². The summed E-state index contributed by atoms with van der Waals surface area (Å²) in [5.41, 5.74) is 23.4. The van der Waals surface area contributed by atoms with E-state index in [1.165, 1.54) is 98.8 Å². The molecule has 0 amide bonds. The molecule has 6 heteroatoms. The molecule has 0 aliphatic carbocycles. The summed E-state index contributed by atoms with van der Waals surface area (Å²) in [6, 6.07) is 58.5. The van der Waals surface area contributed by atoms with Crippen molar-refractivity contribution in [2.75, 3.05) is 9.80 Å². The molecule has 350 valence electrons. The van der Waals surface area contributed by atoms with Crippen LogP contribution in [-0.2, 0) is 21.7 Å². The Morgan fingerprint density at radius 1 is 0.451 bits per heavy atom. The molecule has 13 rings (SSSR count). The fraction of sp³-hybridized carbons (Fsp3) is 0.246. The molecule has 3 aliphatic heterocycles. The molecular formula is C65H61BN4S. The normalized spacial score (nSPS) is 14.3. The van der Waals surface area contributed by atoms with Gasteiger partial charge in [0, 0.05) is 48.7 Å². The summed E-state index contributed by atoms with van der Waals surface area (Å²) in [6.07, 6.45) is 0. The lowest BCUT2D eigenvalue weighted by Crippen LogP contribution is -2.62. The van der Waals surface area contributed by atoms with Crippen molar-refractivity contribution < 1.29 is 0 Å². The third kappa shape index (κ3) is 6.62. The highest BCUT2D eigenvalue weighted by Gasteiger charge is 2.47. The minimum atomic E-state index is -0.0632. The predicted octanol–water partition coefficient (Wildman–Crippen LogP) is 16.2. The van der Waals surface area contributed by atoms with Crippen LogP contribution in [0.25, 0.3) is 49.5 Å². The van der Waals surface area contributed by atoms with Crippen molar-refractivity contribution in [3.05, 3.63) is 174 Å². The van der Waals surface area contributed by atoms with Crippen LogP contribution in [0.3, 0.4) is 0 Å². The first-order chi connectivity index (χ1) is 33.7. The average molecular weight is 941 g/mol. The highest BCUT2D eigenvalue weighted by atomic mass is 32.2. The molecule has 0 atom stereocenters. The van der Waals surface area contributed by atoms with E-state index in [2.05, 4.69) is 249 Å². The Morgan fingerprint density at radius 2 is 1.03 bits per heavy atom. The van der Waals surface area contributed by atoms with Gasteiger partial charge in [0.1, 0.15) is 5.65 Å². The maximum Gasteiger partial charge on any atom is 0.252 e. The van der Waals surface area contributed by atoms with Crippen molar-refractivity contribution in [2.45, 2.75) is 115 Å². The van der Waals surface area contributed by atoms with Crippen molar-refractivity contribution in [3.8, 4) is 11.1 Å². The fourth-order valence-corrected chi connectivity index (χ4v) is 13.0. The van der Waals surface area contributed by atoms with Gasteiger partial charge < -0.3 is 9.80 Å². The summed E-state index contributed by atoms with van der Waals surface area (Å²) >= 11 is 1.95. The molecule has 0 N–H and O–H groups in total. The molecule has 0 saturated heterocycles. The summed E-state index contributed by atoms with van der Waals surface area (Å²) in [6.45, 7) is 28.1. The number of fused-ring (bicyclic) bond motifs is 14. The number of benzene rings is 8. The fourth-order valence-electron chi connectivity index (χ4n) is 11.8. The second kappa shape index (κ2) is 14.9. The molecule has 0 saturated carbocycles. The lowest BCUT2D eigenvalue weighted by atomic mass is 9.33. The lowest BCUT2D eigenvalue weighted by molar-refractivity contribution is 0.588. The second-order valence-corrected chi connectivity index (χ2v) is 25.6. The predicted molar refractivity (Wildman–Crippen MR) is 306 cm³/mol. The Kier molecular flexibility index (Phi) is 9.28. The molecule has 0 unspecified atom stereocenters. The molecule has 0 bridgehead atoms. The molecule has 4 nitrogen and oxygen atoms in total. The van der Waals surface area contributed by atoms with E-state index in [4.69, 9.17) is 4.98 Å². The number of para-hydroxylation sites is 3. The van der Waals surface area contributed by atoms with Crippen molar-refractivity contribution in [2.24, 2.45) is 0 Å². The molecule has 71 heavy (non-hydrogen) atoms. The van der Waals surface area contributed by atoms with Gasteiger partial charge in [-0.25, -0.2) is 4.98 Å². The Balaban J connectivity index is 1.19. The van der Waals surface area contributed by atoms with Gasteiger partial charge in [-0.2, -0.15) is 0 Å². The second-order valence-electron chi connectivity index (χ2n) is 24.6. The first kappa shape index (κ1) is 44.2. The van der Waals surface area contributed by atoms with Crippen molar-refractivity contribution >= 4 is 107 Å². The molecule has 0 fully saturated rings. The van der Waals surface area contributed by atoms with Crippen LogP contribution in [-0.4, -0.2) is 16.1 Å². The van der Waals surface area contributed by atoms with Gasteiger partial charge in [-0.1, -0.05) is 180 Å². The van der Waals surface area contributed by atoms with Crippen LogP contribution in [0.4, 0.5) is 34.1 Å². The quantitative estimate of drug-likeness (QED) is 0.127. The molecule has 0 spiro atoms. The van der Waals surface area contributed by atoms with E-state index in [1.54, 1.807) is 0 Å². The number of pyridine rings is 1. The summed E-state index contributed by atoms with van der Waals surface area (Å²) in [5.74, 6) is 0. The number of hydrogen-bond donors (Lipinski definition) is 0. The monoisotopic (exact) mass is 940 g/mol. The Bertz CT molecular complexity index is 3910. The number of hydrogen-bond acceptors (Lipinski definition) is 4. The standard InChI is InChI=1S/C65H61BN4S/c1-62(2,3)39-24-28-43(29-25-39)68-51-30-26-40(63(4,5)6)34-47(51)66-48-35-42(65(10,11)12)37-57-60(48)69(53-31-27-41(64(7,8)9)36-56(53)71-57)55-33-38(32-54(68)59(55)66)44-19-17-20-46-58(44)45-18-13-15-22-50(45)70-52-23-16-14-21-49(52)67-61(46)70/h13-37H,1-12H3. The average Bonchev–Trinajstić information content (AvgIpc) is 3.73. The molecule has 3 aliphatic rings. The highest BCUT2D eigenvalue weighted by molar-refractivity contribution is 7.99. The van der Waals surface area contributed by atoms with E-state index < -0.39 is 0 Å². The lowest BCUT2D eigenvalue weighted by Gasteiger charge is -2.47. The molecule has 10 aromatic rings.